The average Bonchev–Trinajstić information content (AvgIpc) is 3.20. The summed E-state index contributed by atoms with van der Waals surface area (Å²) in [6, 6.07) is 5.51. The fraction of sp³-hybridized carbons (Fsp3) is 0.381. The fourth-order valence-corrected chi connectivity index (χ4v) is 3.04. The van der Waals surface area contributed by atoms with Gasteiger partial charge in [-0.15, -0.1) is 0 Å². The van der Waals surface area contributed by atoms with Crippen LogP contribution in [0.2, 0.25) is 0 Å². The van der Waals surface area contributed by atoms with Crippen LogP contribution in [0.4, 0.5) is 5.82 Å². The number of carbonyl (C=O) groups is 1. The van der Waals surface area contributed by atoms with Crippen LogP contribution < -0.4 is 19.1 Å². The molecule has 29 heavy (non-hydrogen) atoms. The molecule has 8 heteroatoms. The topological polar surface area (TPSA) is 77.0 Å². The summed E-state index contributed by atoms with van der Waals surface area (Å²) >= 11 is 0. The monoisotopic (exact) mass is 398 g/mol. The van der Waals surface area contributed by atoms with E-state index >= 15 is 0 Å². The van der Waals surface area contributed by atoms with E-state index in [-0.39, 0.29) is 12.0 Å². The van der Waals surface area contributed by atoms with Gasteiger partial charge in [0.25, 0.3) is 0 Å². The quantitative estimate of drug-likeness (QED) is 0.662. The Morgan fingerprint density at radius 3 is 2.72 bits per heavy atom. The van der Waals surface area contributed by atoms with Gasteiger partial charge in [-0.25, -0.2) is 0 Å². The SMILES string of the molecule is COc1ccc(/C=C/C(=O)N2CCC(Oc3cncc(N(C)C)n3)C2)cc1OC. The molecule has 2 heterocycles. The van der Waals surface area contributed by atoms with Gasteiger partial charge in [0, 0.05) is 33.1 Å². The summed E-state index contributed by atoms with van der Waals surface area (Å²) in [6.45, 7) is 1.16. The zero-order valence-electron chi connectivity index (χ0n) is 17.2. The molecule has 0 saturated carbocycles. The van der Waals surface area contributed by atoms with E-state index in [1.54, 1.807) is 43.7 Å². The molecule has 1 atom stereocenters. The van der Waals surface area contributed by atoms with Gasteiger partial charge < -0.3 is 24.0 Å². The Balaban J connectivity index is 1.58. The molecule has 0 radical (unpaired) electrons. The molecule has 1 aliphatic heterocycles. The van der Waals surface area contributed by atoms with Gasteiger partial charge in [-0.05, 0) is 23.8 Å². The van der Waals surface area contributed by atoms with Crippen LogP contribution in [0.3, 0.4) is 0 Å². The first-order valence-electron chi connectivity index (χ1n) is 9.35. The van der Waals surface area contributed by atoms with Gasteiger partial charge in [0.2, 0.25) is 11.8 Å². The van der Waals surface area contributed by atoms with Crippen LogP contribution in [0.25, 0.3) is 6.08 Å². The van der Waals surface area contributed by atoms with Gasteiger partial charge in [-0.3, -0.25) is 9.78 Å². The number of hydrogen-bond donors (Lipinski definition) is 0. The van der Waals surface area contributed by atoms with Gasteiger partial charge >= 0.3 is 0 Å². The molecule has 2 aromatic rings. The van der Waals surface area contributed by atoms with Gasteiger partial charge in [-0.1, -0.05) is 6.07 Å². The van der Waals surface area contributed by atoms with Crippen LogP contribution in [0.5, 0.6) is 17.4 Å². The van der Waals surface area contributed by atoms with Crippen molar-refractivity contribution >= 4 is 17.8 Å². The number of carbonyl (C=O) groups excluding carboxylic acids is 1. The molecule has 8 nitrogen and oxygen atoms in total. The maximum absolute atomic E-state index is 12.5. The fourth-order valence-electron chi connectivity index (χ4n) is 3.04. The molecule has 1 amide bonds. The van der Waals surface area contributed by atoms with E-state index in [0.717, 1.165) is 17.8 Å². The minimum absolute atomic E-state index is 0.0565. The van der Waals surface area contributed by atoms with Crippen LogP contribution in [0, 0.1) is 0 Å². The predicted octanol–water partition coefficient (Wildman–Crippen LogP) is 2.25. The van der Waals surface area contributed by atoms with Crippen molar-refractivity contribution in [2.24, 2.45) is 0 Å². The Kier molecular flexibility index (Phi) is 6.54. The van der Waals surface area contributed by atoms with E-state index in [4.69, 9.17) is 14.2 Å². The summed E-state index contributed by atoms with van der Waals surface area (Å²) in [5.74, 6) is 2.41. The molecule has 0 bridgehead atoms. The number of likely N-dealkylation sites (tertiary alicyclic amines) is 1. The van der Waals surface area contributed by atoms with Crippen molar-refractivity contribution < 1.29 is 19.0 Å². The molecule has 1 aromatic carbocycles. The molecule has 1 fully saturated rings. The highest BCUT2D eigenvalue weighted by molar-refractivity contribution is 5.92. The van der Waals surface area contributed by atoms with Crippen LogP contribution in [-0.2, 0) is 4.79 Å². The molecule has 1 saturated heterocycles. The number of ether oxygens (including phenoxy) is 3. The van der Waals surface area contributed by atoms with Gasteiger partial charge in [0.15, 0.2) is 17.3 Å². The smallest absolute Gasteiger partial charge is 0.246 e. The molecule has 3 rings (SSSR count). The van der Waals surface area contributed by atoms with E-state index in [1.165, 1.54) is 0 Å². The van der Waals surface area contributed by atoms with Crippen molar-refractivity contribution in [1.29, 1.82) is 0 Å². The molecule has 154 valence electrons. The number of aromatic nitrogens is 2. The summed E-state index contributed by atoms with van der Waals surface area (Å²) in [7, 11) is 6.97. The van der Waals surface area contributed by atoms with Gasteiger partial charge in [-0.2, -0.15) is 4.98 Å². The lowest BCUT2D eigenvalue weighted by atomic mass is 10.2. The first-order valence-corrected chi connectivity index (χ1v) is 9.35. The minimum Gasteiger partial charge on any atom is -0.493 e. The van der Waals surface area contributed by atoms with Crippen LogP contribution in [0.15, 0.2) is 36.7 Å². The highest BCUT2D eigenvalue weighted by Gasteiger charge is 2.27. The third-order valence-corrected chi connectivity index (χ3v) is 4.63. The van der Waals surface area contributed by atoms with Crippen molar-refractivity contribution in [3.05, 3.63) is 42.2 Å². The van der Waals surface area contributed by atoms with E-state index in [9.17, 15) is 4.79 Å². The minimum atomic E-state index is -0.0971. The van der Waals surface area contributed by atoms with Crippen molar-refractivity contribution in [3.63, 3.8) is 0 Å². The first-order chi connectivity index (χ1) is 14.0. The Morgan fingerprint density at radius 1 is 1.21 bits per heavy atom. The largest absolute Gasteiger partial charge is 0.493 e. The zero-order chi connectivity index (χ0) is 20.8. The third kappa shape index (κ3) is 5.16. The second-order valence-corrected chi connectivity index (χ2v) is 6.87. The summed E-state index contributed by atoms with van der Waals surface area (Å²) in [4.78, 5) is 24.7. The number of nitrogens with zero attached hydrogens (tertiary/aromatic N) is 4. The lowest BCUT2D eigenvalue weighted by molar-refractivity contribution is -0.125. The van der Waals surface area contributed by atoms with E-state index < -0.39 is 0 Å². The molecule has 1 aromatic heterocycles. The number of hydrogen-bond acceptors (Lipinski definition) is 7. The predicted molar refractivity (Wildman–Crippen MR) is 111 cm³/mol. The number of amides is 1. The Morgan fingerprint density at radius 2 is 2.00 bits per heavy atom. The Hall–Kier alpha value is -3.29. The Bertz CT molecular complexity index is 885. The number of rotatable bonds is 7. The van der Waals surface area contributed by atoms with Crippen molar-refractivity contribution in [1.82, 2.24) is 14.9 Å². The van der Waals surface area contributed by atoms with Crippen LogP contribution >= 0.6 is 0 Å². The third-order valence-electron chi connectivity index (χ3n) is 4.63. The highest BCUT2D eigenvalue weighted by Crippen LogP contribution is 2.28. The van der Waals surface area contributed by atoms with Gasteiger partial charge in [0.05, 0.1) is 33.2 Å². The summed E-state index contributed by atoms with van der Waals surface area (Å²) in [5, 5.41) is 0. The maximum Gasteiger partial charge on any atom is 0.246 e. The molecule has 1 unspecified atom stereocenters. The average molecular weight is 398 g/mol. The van der Waals surface area contributed by atoms with Crippen LogP contribution in [-0.4, -0.2) is 68.3 Å². The molecule has 0 N–H and O–H groups in total. The van der Waals surface area contributed by atoms with Gasteiger partial charge in [0.1, 0.15) is 6.10 Å². The summed E-state index contributed by atoms with van der Waals surface area (Å²) in [6.07, 6.45) is 7.26. The molecule has 0 aliphatic carbocycles. The lowest BCUT2D eigenvalue weighted by Crippen LogP contribution is -2.29. The van der Waals surface area contributed by atoms with Crippen molar-refractivity contribution in [2.75, 3.05) is 46.3 Å². The van der Waals surface area contributed by atoms with Crippen molar-refractivity contribution in [3.8, 4) is 17.4 Å². The number of methoxy groups -OCH3 is 2. The van der Waals surface area contributed by atoms with E-state index in [1.807, 2.05) is 37.2 Å². The molecular formula is C21H26N4O4. The van der Waals surface area contributed by atoms with E-state index in [2.05, 4.69) is 9.97 Å². The standard InChI is InChI=1S/C21H26N4O4/c1-24(2)19-12-22-13-20(23-19)29-16-9-10-25(14-16)21(26)8-6-15-5-7-17(27-3)18(11-15)28-4/h5-8,11-13,16H,9-10,14H2,1-4H3/b8-6+. The van der Waals surface area contributed by atoms with Crippen molar-refractivity contribution in [2.45, 2.75) is 12.5 Å². The Labute approximate surface area is 170 Å². The summed E-state index contributed by atoms with van der Waals surface area (Å²) < 4.78 is 16.4. The normalized spacial score (nSPS) is 16.1. The molecule has 0 spiro atoms. The maximum atomic E-state index is 12.5. The number of benzene rings is 1. The second kappa shape index (κ2) is 9.27. The lowest BCUT2D eigenvalue weighted by Gasteiger charge is -2.16. The first kappa shape index (κ1) is 20.4. The van der Waals surface area contributed by atoms with E-state index in [0.29, 0.717) is 30.5 Å². The summed E-state index contributed by atoms with van der Waals surface area (Å²) in [5.41, 5.74) is 0.860. The zero-order valence-corrected chi connectivity index (χ0v) is 17.2. The number of anilines is 1. The molecule has 1 aliphatic rings. The second-order valence-electron chi connectivity index (χ2n) is 6.87. The van der Waals surface area contributed by atoms with Crippen LogP contribution in [0.1, 0.15) is 12.0 Å². The molecular weight excluding hydrogens is 372 g/mol. The highest BCUT2D eigenvalue weighted by atomic mass is 16.5.